The number of halogens is 1. The van der Waals surface area contributed by atoms with Crippen molar-refractivity contribution in [1.29, 1.82) is 0 Å². The lowest BCUT2D eigenvalue weighted by molar-refractivity contribution is 0.0808. The van der Waals surface area contributed by atoms with Gasteiger partial charge in [-0.25, -0.2) is 0 Å². The van der Waals surface area contributed by atoms with Crippen molar-refractivity contribution in [3.8, 4) is 0 Å². The van der Waals surface area contributed by atoms with Gasteiger partial charge in [-0.1, -0.05) is 44.0 Å². The highest BCUT2D eigenvalue weighted by atomic mass is 35.5. The van der Waals surface area contributed by atoms with Crippen molar-refractivity contribution in [2.45, 2.75) is 50.9 Å². The fourth-order valence-corrected chi connectivity index (χ4v) is 2.74. The molecule has 1 aliphatic rings. The topological polar surface area (TPSA) is 3.24 Å². The minimum Gasteiger partial charge on any atom is -0.306 e. The number of likely N-dealkylation sites (N-methyl/N-ethyl adjacent to an activating group) is 1. The van der Waals surface area contributed by atoms with Crippen LogP contribution in [-0.2, 0) is 5.41 Å². The summed E-state index contributed by atoms with van der Waals surface area (Å²) in [5.74, 6) is -0.471. The van der Waals surface area contributed by atoms with Gasteiger partial charge in [0.05, 0.1) is 5.48 Å². The average molecular weight is 287 g/mol. The van der Waals surface area contributed by atoms with E-state index in [0.717, 1.165) is 6.42 Å². The predicted molar refractivity (Wildman–Crippen MR) is 83.9 cm³/mol. The Morgan fingerprint density at radius 3 is 2.32 bits per heavy atom. The SMILES string of the molecule is [2H]c1c([2H])c(C2(C([2H])(N(C)C)C([2H])([2H])C(C)C)CCC2)c([2H])c([2H])c1Cl. The Morgan fingerprint density at radius 2 is 1.95 bits per heavy atom. The molecule has 0 N–H and O–H groups in total. The number of hydrogen-bond acceptors (Lipinski definition) is 1. The third-order valence-corrected chi connectivity index (χ3v) is 3.80. The van der Waals surface area contributed by atoms with Gasteiger partial charge in [0, 0.05) is 20.6 Å². The lowest BCUT2D eigenvalue weighted by Crippen LogP contribution is -2.52. The fraction of sp³-hybridized carbons (Fsp3) is 0.647. The molecule has 1 nitrogen and oxygen atoms in total. The zero-order valence-electron chi connectivity index (χ0n) is 19.0. The molecule has 0 aliphatic heterocycles. The van der Waals surface area contributed by atoms with E-state index in [0.29, 0.717) is 12.8 Å². The molecule has 1 aromatic rings. The molecule has 0 spiro atoms. The highest BCUT2D eigenvalue weighted by molar-refractivity contribution is 6.30. The summed E-state index contributed by atoms with van der Waals surface area (Å²) in [7, 11) is 3.28. The molecule has 0 heterocycles. The Hall–Kier alpha value is -0.530. The molecule has 1 aliphatic carbocycles. The maximum atomic E-state index is 9.27. The molecule has 1 fully saturated rings. The molecule has 0 radical (unpaired) electrons. The van der Waals surface area contributed by atoms with E-state index >= 15 is 0 Å². The molecule has 19 heavy (non-hydrogen) atoms. The highest BCUT2D eigenvalue weighted by Gasteiger charge is 2.46. The molecule has 0 amide bonds. The van der Waals surface area contributed by atoms with Crippen LogP contribution in [-0.4, -0.2) is 25.0 Å². The summed E-state index contributed by atoms with van der Waals surface area (Å²) in [5, 5.41) is -0.245. The van der Waals surface area contributed by atoms with Gasteiger partial charge < -0.3 is 4.90 Å². The largest absolute Gasteiger partial charge is 0.306 e. The number of benzene rings is 1. The molecule has 2 heteroatoms. The van der Waals surface area contributed by atoms with Crippen molar-refractivity contribution in [1.82, 2.24) is 4.90 Å². The van der Waals surface area contributed by atoms with E-state index in [1.807, 2.05) is 0 Å². The number of nitrogens with zero attached hydrogens (tertiary/aromatic N) is 1. The van der Waals surface area contributed by atoms with Crippen LogP contribution < -0.4 is 0 Å². The lowest BCUT2D eigenvalue weighted by atomic mass is 9.58. The van der Waals surface area contributed by atoms with Crippen LogP contribution in [0.1, 0.15) is 54.6 Å². The maximum absolute atomic E-state index is 9.27. The Bertz CT molecular complexity index is 687. The third kappa shape index (κ3) is 2.98. The van der Waals surface area contributed by atoms with Gasteiger partial charge in [-0.2, -0.15) is 0 Å². The molecular formula is C17H26ClN. The zero-order chi connectivity index (χ0) is 20.2. The molecular weight excluding hydrogens is 254 g/mol. The number of rotatable bonds is 5. The molecule has 1 unspecified atom stereocenters. The maximum Gasteiger partial charge on any atom is 0.0639 e. The first-order valence-corrected chi connectivity index (χ1v) is 7.09. The first kappa shape index (κ1) is 8.05. The fourth-order valence-electron chi connectivity index (χ4n) is 2.64. The van der Waals surface area contributed by atoms with E-state index < -0.39 is 23.7 Å². The summed E-state index contributed by atoms with van der Waals surface area (Å²) in [6, 6.07) is -2.96. The van der Waals surface area contributed by atoms with Crippen molar-refractivity contribution < 1.29 is 9.60 Å². The summed E-state index contributed by atoms with van der Waals surface area (Å²) in [4.78, 5) is 1.52. The van der Waals surface area contributed by atoms with Crippen LogP contribution in [0.15, 0.2) is 24.2 Å². The average Bonchev–Trinajstić information content (AvgIpc) is 2.52. The summed E-state index contributed by atoms with van der Waals surface area (Å²) in [6.45, 7) is 3.44. The Balaban J connectivity index is 2.89. The van der Waals surface area contributed by atoms with E-state index in [9.17, 15) is 1.37 Å². The first-order valence-electron chi connectivity index (χ1n) is 10.2. The van der Waals surface area contributed by atoms with Crippen molar-refractivity contribution in [3.05, 3.63) is 34.8 Å². The van der Waals surface area contributed by atoms with E-state index in [4.69, 9.17) is 19.8 Å². The highest BCUT2D eigenvalue weighted by Crippen LogP contribution is 2.49. The minimum atomic E-state index is -1.94. The summed E-state index contributed by atoms with van der Waals surface area (Å²) in [6.07, 6.45) is -0.344. The van der Waals surface area contributed by atoms with Gasteiger partial charge in [-0.3, -0.25) is 0 Å². The second-order valence-corrected chi connectivity index (χ2v) is 6.04. The standard InChI is InChI=1S/C17H26ClN/c1-13(2)12-16(19(3)4)17(10-5-11-17)14-6-8-15(18)9-7-14/h6-9,13,16H,5,10-12H2,1-4H3/i6D,7D,8D,9D,12D2,16D. The summed E-state index contributed by atoms with van der Waals surface area (Å²) in [5.41, 5.74) is -1.04. The second kappa shape index (κ2) is 5.85. The zero-order valence-corrected chi connectivity index (χ0v) is 12.8. The van der Waals surface area contributed by atoms with E-state index in [1.54, 1.807) is 27.9 Å². The van der Waals surface area contributed by atoms with Crippen LogP contribution in [0.3, 0.4) is 0 Å². The molecule has 0 aromatic heterocycles. The number of hydrogen-bond donors (Lipinski definition) is 0. The third-order valence-electron chi connectivity index (χ3n) is 3.61. The van der Waals surface area contributed by atoms with Crippen LogP contribution >= 0.6 is 11.6 Å². The van der Waals surface area contributed by atoms with Gasteiger partial charge in [0.2, 0.25) is 0 Å². The van der Waals surface area contributed by atoms with E-state index in [2.05, 4.69) is 0 Å². The van der Waals surface area contributed by atoms with Crippen molar-refractivity contribution >= 4 is 11.6 Å². The van der Waals surface area contributed by atoms with Gasteiger partial charge in [-0.05, 0) is 56.9 Å². The van der Waals surface area contributed by atoms with Crippen molar-refractivity contribution in [2.75, 3.05) is 14.1 Å². The molecule has 1 atom stereocenters. The monoisotopic (exact) mass is 286 g/mol. The minimum absolute atomic E-state index is 0.108. The molecule has 0 bridgehead atoms. The molecule has 0 saturated heterocycles. The van der Waals surface area contributed by atoms with Gasteiger partial charge in [-0.15, -0.1) is 0 Å². The smallest absolute Gasteiger partial charge is 0.0639 e. The molecule has 1 aromatic carbocycles. The Morgan fingerprint density at radius 1 is 1.37 bits per heavy atom. The summed E-state index contributed by atoms with van der Waals surface area (Å²) >= 11 is 5.94. The van der Waals surface area contributed by atoms with Crippen LogP contribution in [0.2, 0.25) is 5.02 Å². The van der Waals surface area contributed by atoms with Crippen molar-refractivity contribution in [3.63, 3.8) is 0 Å². The Labute approximate surface area is 132 Å². The van der Waals surface area contributed by atoms with E-state index in [1.165, 1.54) is 4.90 Å². The van der Waals surface area contributed by atoms with Crippen molar-refractivity contribution in [2.24, 2.45) is 5.92 Å². The van der Waals surface area contributed by atoms with Gasteiger partial charge >= 0.3 is 0 Å². The normalized spacial score (nSPS) is 27.2. The predicted octanol–water partition coefficient (Wildman–Crippen LogP) is 4.74. The van der Waals surface area contributed by atoms with E-state index in [-0.39, 0.29) is 34.8 Å². The molecule has 2 rings (SSSR count). The van der Waals surface area contributed by atoms with Crippen LogP contribution in [0.25, 0.3) is 0 Å². The van der Waals surface area contributed by atoms with Crippen LogP contribution in [0.4, 0.5) is 0 Å². The second-order valence-electron chi connectivity index (χ2n) is 5.67. The van der Waals surface area contributed by atoms with Gasteiger partial charge in [0.1, 0.15) is 0 Å². The van der Waals surface area contributed by atoms with Crippen LogP contribution in [0.5, 0.6) is 0 Å². The van der Waals surface area contributed by atoms with Gasteiger partial charge in [0.15, 0.2) is 0 Å². The quantitative estimate of drug-likeness (QED) is 0.756. The first-order chi connectivity index (χ1) is 11.8. The lowest BCUT2D eigenvalue weighted by Gasteiger charge is -2.51. The Kier molecular flexibility index (Phi) is 2.48. The molecule has 106 valence electrons. The van der Waals surface area contributed by atoms with Gasteiger partial charge in [0.25, 0.3) is 0 Å². The summed E-state index contributed by atoms with van der Waals surface area (Å²) < 4.78 is 59.6. The van der Waals surface area contributed by atoms with Crippen LogP contribution in [0, 0.1) is 5.92 Å². The molecule has 1 saturated carbocycles.